The van der Waals surface area contributed by atoms with Crippen LogP contribution in [0.5, 0.6) is 0 Å². The Morgan fingerprint density at radius 3 is 2.77 bits per heavy atom. The van der Waals surface area contributed by atoms with Gasteiger partial charge in [0.25, 0.3) is 0 Å². The fraction of sp³-hybridized carbons (Fsp3) is 0.286. The summed E-state index contributed by atoms with van der Waals surface area (Å²) in [7, 11) is 0. The predicted octanol–water partition coefficient (Wildman–Crippen LogP) is 0.569. The minimum atomic E-state index is -1.56. The van der Waals surface area contributed by atoms with E-state index >= 15 is 0 Å². The molecule has 8 heteroatoms. The first-order valence-electron chi connectivity index (χ1n) is 6.45. The standard InChI is InChI=1S/C14H12FN3O4/c15-11-2-1-10(5-9(11)6-16)17-12(19)8-3-4-18(7-8)13(20)14(21)22/h1-2,5,8H,3-4,7H2,(H,17,19)(H,21,22)/t8-/m0/s1. The van der Waals surface area contributed by atoms with Gasteiger partial charge in [-0.2, -0.15) is 5.26 Å². The largest absolute Gasteiger partial charge is 0.474 e. The maximum absolute atomic E-state index is 13.2. The van der Waals surface area contributed by atoms with Crippen molar-refractivity contribution in [2.75, 3.05) is 18.4 Å². The highest BCUT2D eigenvalue weighted by Gasteiger charge is 2.33. The van der Waals surface area contributed by atoms with E-state index in [1.54, 1.807) is 6.07 Å². The molecule has 1 atom stereocenters. The van der Waals surface area contributed by atoms with E-state index in [-0.39, 0.29) is 24.3 Å². The third kappa shape index (κ3) is 3.20. The lowest BCUT2D eigenvalue weighted by atomic mass is 10.1. The predicted molar refractivity (Wildman–Crippen MR) is 72.1 cm³/mol. The zero-order valence-electron chi connectivity index (χ0n) is 11.4. The first-order chi connectivity index (χ1) is 10.4. The van der Waals surface area contributed by atoms with Gasteiger partial charge in [0.15, 0.2) is 0 Å². The molecule has 1 aromatic carbocycles. The number of carboxylic acids is 1. The van der Waals surface area contributed by atoms with E-state index in [1.165, 1.54) is 12.1 Å². The molecule has 2 amide bonds. The molecular formula is C14H12FN3O4. The van der Waals surface area contributed by atoms with E-state index in [4.69, 9.17) is 10.4 Å². The van der Waals surface area contributed by atoms with Gasteiger partial charge in [-0.25, -0.2) is 9.18 Å². The number of anilines is 1. The molecule has 1 saturated heterocycles. The summed E-state index contributed by atoms with van der Waals surface area (Å²) >= 11 is 0. The van der Waals surface area contributed by atoms with Gasteiger partial charge in [0.05, 0.1) is 11.5 Å². The fourth-order valence-electron chi connectivity index (χ4n) is 2.23. The minimum Gasteiger partial charge on any atom is -0.474 e. The number of nitrogens with zero attached hydrogens (tertiary/aromatic N) is 2. The van der Waals surface area contributed by atoms with Crippen molar-refractivity contribution in [1.29, 1.82) is 5.26 Å². The Morgan fingerprint density at radius 1 is 1.41 bits per heavy atom. The van der Waals surface area contributed by atoms with Crippen molar-refractivity contribution >= 4 is 23.5 Å². The number of hydrogen-bond acceptors (Lipinski definition) is 4. The van der Waals surface area contributed by atoms with Crippen molar-refractivity contribution in [1.82, 2.24) is 4.90 Å². The number of nitriles is 1. The first-order valence-corrected chi connectivity index (χ1v) is 6.45. The third-order valence-corrected chi connectivity index (χ3v) is 3.38. The summed E-state index contributed by atoms with van der Waals surface area (Å²) in [4.78, 5) is 35.1. The molecule has 2 rings (SSSR count). The smallest absolute Gasteiger partial charge is 0.394 e. The molecule has 0 spiro atoms. The van der Waals surface area contributed by atoms with Crippen LogP contribution in [0, 0.1) is 23.1 Å². The maximum atomic E-state index is 13.2. The van der Waals surface area contributed by atoms with Crippen LogP contribution in [0.1, 0.15) is 12.0 Å². The van der Waals surface area contributed by atoms with Gasteiger partial charge in [0.1, 0.15) is 11.9 Å². The Labute approximate surface area is 124 Å². The molecule has 0 radical (unpaired) electrons. The van der Waals surface area contributed by atoms with Crippen molar-refractivity contribution < 1.29 is 23.9 Å². The molecule has 1 fully saturated rings. The van der Waals surface area contributed by atoms with Crippen molar-refractivity contribution in [3.63, 3.8) is 0 Å². The van der Waals surface area contributed by atoms with Crippen molar-refractivity contribution in [2.45, 2.75) is 6.42 Å². The number of rotatable bonds is 2. The molecule has 7 nitrogen and oxygen atoms in total. The lowest BCUT2D eigenvalue weighted by Crippen LogP contribution is -2.35. The highest BCUT2D eigenvalue weighted by Crippen LogP contribution is 2.20. The molecule has 0 saturated carbocycles. The van der Waals surface area contributed by atoms with E-state index in [2.05, 4.69) is 5.32 Å². The van der Waals surface area contributed by atoms with Crippen LogP contribution in [0.15, 0.2) is 18.2 Å². The molecule has 2 N–H and O–H groups in total. The maximum Gasteiger partial charge on any atom is 0.394 e. The molecule has 0 unspecified atom stereocenters. The zero-order chi connectivity index (χ0) is 16.3. The lowest BCUT2D eigenvalue weighted by molar-refractivity contribution is -0.155. The molecule has 1 aliphatic rings. The van der Waals surface area contributed by atoms with Gasteiger partial charge in [-0.1, -0.05) is 0 Å². The zero-order valence-corrected chi connectivity index (χ0v) is 11.4. The molecule has 0 bridgehead atoms. The van der Waals surface area contributed by atoms with Crippen LogP contribution in [-0.2, 0) is 14.4 Å². The van der Waals surface area contributed by atoms with Crippen LogP contribution in [0.3, 0.4) is 0 Å². The normalized spacial score (nSPS) is 16.9. The summed E-state index contributed by atoms with van der Waals surface area (Å²) in [5.74, 6) is -4.23. The Balaban J connectivity index is 2.01. The Hall–Kier alpha value is -2.95. The molecule has 114 valence electrons. The number of benzene rings is 1. The van der Waals surface area contributed by atoms with Crippen LogP contribution >= 0.6 is 0 Å². The second-order valence-electron chi connectivity index (χ2n) is 4.84. The van der Waals surface area contributed by atoms with E-state index in [0.717, 1.165) is 11.0 Å². The van der Waals surface area contributed by atoms with Crippen molar-refractivity contribution in [2.24, 2.45) is 5.92 Å². The number of amides is 2. The Kier molecular flexibility index (Phi) is 4.36. The van der Waals surface area contributed by atoms with Gasteiger partial charge in [0.2, 0.25) is 5.91 Å². The van der Waals surface area contributed by atoms with Gasteiger partial charge in [-0.3, -0.25) is 9.59 Å². The highest BCUT2D eigenvalue weighted by molar-refractivity contribution is 6.31. The number of likely N-dealkylation sites (tertiary alicyclic amines) is 1. The molecule has 1 aromatic rings. The SMILES string of the molecule is N#Cc1cc(NC(=O)[C@H]2CCN(C(=O)C(=O)O)C2)ccc1F. The van der Waals surface area contributed by atoms with E-state index in [0.29, 0.717) is 6.42 Å². The fourth-order valence-corrected chi connectivity index (χ4v) is 2.23. The number of hydrogen-bond donors (Lipinski definition) is 2. The number of halogens is 1. The monoisotopic (exact) mass is 305 g/mol. The number of carboxylic acid groups (broad SMARTS) is 1. The van der Waals surface area contributed by atoms with E-state index in [9.17, 15) is 18.8 Å². The second kappa shape index (κ2) is 6.22. The van der Waals surface area contributed by atoms with Gasteiger partial charge in [-0.05, 0) is 24.6 Å². The van der Waals surface area contributed by atoms with Crippen LogP contribution in [0.25, 0.3) is 0 Å². The Bertz CT molecular complexity index is 683. The highest BCUT2D eigenvalue weighted by atomic mass is 19.1. The summed E-state index contributed by atoms with van der Waals surface area (Å²) in [5, 5.41) is 19.9. The summed E-state index contributed by atoms with van der Waals surface area (Å²) in [5.41, 5.74) is 0.0814. The summed E-state index contributed by atoms with van der Waals surface area (Å²) in [6.07, 6.45) is 0.344. The number of carbonyl (C=O) groups excluding carboxylic acids is 2. The quantitative estimate of drug-likeness (QED) is 0.776. The van der Waals surface area contributed by atoms with Crippen LogP contribution in [-0.4, -0.2) is 40.9 Å². The first kappa shape index (κ1) is 15.4. The van der Waals surface area contributed by atoms with Gasteiger partial charge in [0, 0.05) is 18.8 Å². The van der Waals surface area contributed by atoms with Gasteiger partial charge < -0.3 is 15.3 Å². The minimum absolute atomic E-state index is 0.0171. The topological polar surface area (TPSA) is 111 Å². The molecule has 0 aliphatic carbocycles. The van der Waals surface area contributed by atoms with E-state index in [1.807, 2.05) is 0 Å². The second-order valence-corrected chi connectivity index (χ2v) is 4.84. The lowest BCUT2D eigenvalue weighted by Gasteiger charge is -2.14. The van der Waals surface area contributed by atoms with Crippen molar-refractivity contribution in [3.05, 3.63) is 29.6 Å². The molecule has 22 heavy (non-hydrogen) atoms. The number of nitrogens with one attached hydrogen (secondary N) is 1. The van der Waals surface area contributed by atoms with Crippen LogP contribution in [0.2, 0.25) is 0 Å². The molecule has 0 aromatic heterocycles. The summed E-state index contributed by atoms with van der Waals surface area (Å²) < 4.78 is 13.2. The molecule has 1 heterocycles. The Morgan fingerprint density at radius 2 is 2.14 bits per heavy atom. The van der Waals surface area contributed by atoms with Crippen molar-refractivity contribution in [3.8, 4) is 6.07 Å². The number of carbonyl (C=O) groups is 3. The molecule has 1 aliphatic heterocycles. The number of aliphatic carboxylic acids is 1. The molecular weight excluding hydrogens is 293 g/mol. The average Bonchev–Trinajstić information content (AvgIpc) is 2.98. The third-order valence-electron chi connectivity index (χ3n) is 3.38. The van der Waals surface area contributed by atoms with Gasteiger partial charge in [-0.15, -0.1) is 0 Å². The summed E-state index contributed by atoms with van der Waals surface area (Å²) in [6, 6.07) is 5.27. The van der Waals surface area contributed by atoms with Crippen LogP contribution < -0.4 is 5.32 Å². The average molecular weight is 305 g/mol. The van der Waals surface area contributed by atoms with E-state index < -0.39 is 29.5 Å². The summed E-state index contributed by atoms with van der Waals surface area (Å²) in [6.45, 7) is 0.208. The van der Waals surface area contributed by atoms with Crippen LogP contribution in [0.4, 0.5) is 10.1 Å². The van der Waals surface area contributed by atoms with Gasteiger partial charge >= 0.3 is 11.9 Å².